The van der Waals surface area contributed by atoms with Gasteiger partial charge in [0, 0.05) is 26.2 Å². The van der Waals surface area contributed by atoms with Crippen molar-refractivity contribution in [3.05, 3.63) is 46.8 Å². The molecule has 2 aromatic rings. The van der Waals surface area contributed by atoms with Crippen LogP contribution in [0.2, 0.25) is 0 Å². The summed E-state index contributed by atoms with van der Waals surface area (Å²) >= 11 is 1.17. The van der Waals surface area contributed by atoms with Crippen molar-refractivity contribution in [2.45, 2.75) is 23.0 Å². The molecule has 0 radical (unpaired) electrons. The molecule has 0 bridgehead atoms. The molecule has 3 rings (SSSR count). The number of hydrogen-bond donors (Lipinski definition) is 0. The number of thiophene rings is 1. The van der Waals surface area contributed by atoms with Gasteiger partial charge in [-0.15, -0.1) is 11.3 Å². The lowest BCUT2D eigenvalue weighted by molar-refractivity contribution is 0.273. The van der Waals surface area contributed by atoms with E-state index in [-0.39, 0.29) is 35.3 Å². The highest BCUT2D eigenvalue weighted by atomic mass is 32.2. The summed E-state index contributed by atoms with van der Waals surface area (Å²) in [6.45, 7) is 4.42. The maximum atomic E-state index is 12.8. The highest BCUT2D eigenvalue weighted by Gasteiger charge is 2.34. The lowest BCUT2D eigenvalue weighted by atomic mass is 10.1. The minimum atomic E-state index is -3.61. The quantitative estimate of drug-likeness (QED) is 0.787. The van der Waals surface area contributed by atoms with E-state index in [1.807, 2.05) is 13.8 Å². The van der Waals surface area contributed by atoms with Crippen molar-refractivity contribution in [1.82, 2.24) is 8.61 Å². The second-order valence-electron chi connectivity index (χ2n) is 5.99. The summed E-state index contributed by atoms with van der Waals surface area (Å²) < 4.78 is 53.6. The molecule has 2 heterocycles. The Bertz CT molecular complexity index is 959. The molecule has 1 aromatic heterocycles. The molecular weight excluding hydrogens is 380 g/mol. The SMILES string of the molecule is Cc1ccc(S(=O)(=O)N2CCN(S(=O)(=O)c3cccs3)CC2)cc1C. The van der Waals surface area contributed by atoms with Gasteiger partial charge in [0.25, 0.3) is 10.0 Å². The van der Waals surface area contributed by atoms with E-state index >= 15 is 0 Å². The van der Waals surface area contributed by atoms with Gasteiger partial charge in [-0.2, -0.15) is 8.61 Å². The molecule has 9 heteroatoms. The molecule has 0 spiro atoms. The van der Waals surface area contributed by atoms with E-state index in [0.717, 1.165) is 11.1 Å². The predicted octanol–water partition coefficient (Wildman–Crippen LogP) is 2.06. The van der Waals surface area contributed by atoms with Crippen molar-refractivity contribution in [3.8, 4) is 0 Å². The van der Waals surface area contributed by atoms with Crippen molar-refractivity contribution in [3.63, 3.8) is 0 Å². The number of benzene rings is 1. The molecule has 0 atom stereocenters. The molecule has 0 saturated carbocycles. The smallest absolute Gasteiger partial charge is 0.207 e. The molecule has 25 heavy (non-hydrogen) atoms. The van der Waals surface area contributed by atoms with Crippen LogP contribution in [0.5, 0.6) is 0 Å². The van der Waals surface area contributed by atoms with Crippen molar-refractivity contribution < 1.29 is 16.8 Å². The first-order chi connectivity index (χ1) is 11.7. The van der Waals surface area contributed by atoms with Gasteiger partial charge >= 0.3 is 0 Å². The lowest BCUT2D eigenvalue weighted by Crippen LogP contribution is -2.50. The van der Waals surface area contributed by atoms with Crippen LogP contribution in [0.25, 0.3) is 0 Å². The third-order valence-electron chi connectivity index (χ3n) is 4.40. The van der Waals surface area contributed by atoms with Gasteiger partial charge in [-0.25, -0.2) is 16.8 Å². The van der Waals surface area contributed by atoms with Gasteiger partial charge in [0.1, 0.15) is 4.21 Å². The molecule has 0 aliphatic carbocycles. The summed E-state index contributed by atoms with van der Waals surface area (Å²) in [5.41, 5.74) is 1.95. The number of aryl methyl sites for hydroxylation is 2. The monoisotopic (exact) mass is 400 g/mol. The Hall–Kier alpha value is -1.26. The standard InChI is InChI=1S/C16H20N2O4S3/c1-13-5-6-15(12-14(13)2)24(19,20)17-7-9-18(10-8-17)25(21,22)16-4-3-11-23-16/h3-6,11-12H,7-10H2,1-2H3. The van der Waals surface area contributed by atoms with Crippen LogP contribution in [0.15, 0.2) is 44.8 Å². The minimum Gasteiger partial charge on any atom is -0.207 e. The lowest BCUT2D eigenvalue weighted by Gasteiger charge is -2.33. The highest BCUT2D eigenvalue weighted by Crippen LogP contribution is 2.25. The maximum absolute atomic E-state index is 12.8. The number of piperazine rings is 1. The van der Waals surface area contributed by atoms with Crippen LogP contribution in [0.4, 0.5) is 0 Å². The van der Waals surface area contributed by atoms with E-state index in [9.17, 15) is 16.8 Å². The Morgan fingerprint density at radius 2 is 1.44 bits per heavy atom. The van der Waals surface area contributed by atoms with Gasteiger partial charge in [0.15, 0.2) is 0 Å². The van der Waals surface area contributed by atoms with E-state index in [2.05, 4.69) is 0 Å². The van der Waals surface area contributed by atoms with Crippen LogP contribution in [-0.2, 0) is 20.0 Å². The van der Waals surface area contributed by atoms with Crippen molar-refractivity contribution >= 4 is 31.4 Å². The Balaban J connectivity index is 1.76. The molecule has 1 aliphatic heterocycles. The van der Waals surface area contributed by atoms with Gasteiger partial charge < -0.3 is 0 Å². The summed E-state index contributed by atoms with van der Waals surface area (Å²) in [4.78, 5) is 0.255. The van der Waals surface area contributed by atoms with Gasteiger partial charge in [-0.3, -0.25) is 0 Å². The van der Waals surface area contributed by atoms with Crippen LogP contribution in [0.1, 0.15) is 11.1 Å². The molecule has 1 saturated heterocycles. The zero-order valence-corrected chi connectivity index (χ0v) is 16.5. The third-order valence-corrected chi connectivity index (χ3v) is 9.57. The Kier molecular flexibility index (Phi) is 5.04. The number of nitrogens with zero attached hydrogens (tertiary/aromatic N) is 2. The molecule has 6 nitrogen and oxygen atoms in total. The first-order valence-corrected chi connectivity index (χ1v) is 11.6. The van der Waals surface area contributed by atoms with Gasteiger partial charge in [0.05, 0.1) is 4.90 Å². The highest BCUT2D eigenvalue weighted by molar-refractivity contribution is 7.91. The molecule has 0 unspecified atom stereocenters. The molecule has 136 valence electrons. The summed E-state index contributed by atoms with van der Waals surface area (Å²) in [6.07, 6.45) is 0. The number of sulfonamides is 2. The van der Waals surface area contributed by atoms with Crippen LogP contribution in [0, 0.1) is 13.8 Å². The van der Waals surface area contributed by atoms with E-state index in [1.54, 1.807) is 35.7 Å². The molecule has 0 N–H and O–H groups in total. The Morgan fingerprint density at radius 1 is 0.840 bits per heavy atom. The van der Waals surface area contributed by atoms with Crippen LogP contribution in [0.3, 0.4) is 0 Å². The summed E-state index contributed by atoms with van der Waals surface area (Å²) in [5.74, 6) is 0. The number of rotatable bonds is 4. The second kappa shape index (κ2) is 6.81. The van der Waals surface area contributed by atoms with Crippen molar-refractivity contribution in [2.75, 3.05) is 26.2 Å². The topological polar surface area (TPSA) is 74.8 Å². The fourth-order valence-electron chi connectivity index (χ4n) is 2.71. The zero-order valence-electron chi connectivity index (χ0n) is 14.0. The summed E-state index contributed by atoms with van der Waals surface area (Å²) in [6, 6.07) is 8.32. The van der Waals surface area contributed by atoms with Crippen molar-refractivity contribution in [1.29, 1.82) is 0 Å². The van der Waals surface area contributed by atoms with E-state index in [1.165, 1.54) is 19.9 Å². The molecular formula is C16H20N2O4S3. The normalized spacial score (nSPS) is 17.7. The average molecular weight is 401 g/mol. The van der Waals surface area contributed by atoms with Crippen molar-refractivity contribution in [2.24, 2.45) is 0 Å². The Morgan fingerprint density at radius 3 is 1.96 bits per heavy atom. The fraction of sp³-hybridized carbons (Fsp3) is 0.375. The number of hydrogen-bond acceptors (Lipinski definition) is 5. The average Bonchev–Trinajstić information content (AvgIpc) is 3.13. The van der Waals surface area contributed by atoms with Crippen LogP contribution in [-0.4, -0.2) is 51.6 Å². The Labute approximate surface area is 152 Å². The largest absolute Gasteiger partial charge is 0.252 e. The van der Waals surface area contributed by atoms with Gasteiger partial charge in [-0.1, -0.05) is 12.1 Å². The first-order valence-electron chi connectivity index (χ1n) is 7.84. The molecule has 1 aliphatic rings. The van der Waals surface area contributed by atoms with Gasteiger partial charge in [0.2, 0.25) is 10.0 Å². The third kappa shape index (κ3) is 3.52. The molecule has 1 aromatic carbocycles. The van der Waals surface area contributed by atoms with Crippen LogP contribution >= 0.6 is 11.3 Å². The molecule has 1 fully saturated rings. The summed E-state index contributed by atoms with van der Waals surface area (Å²) in [7, 11) is -7.14. The molecule has 0 amide bonds. The minimum absolute atomic E-state index is 0.153. The zero-order chi connectivity index (χ0) is 18.2. The summed E-state index contributed by atoms with van der Waals surface area (Å²) in [5, 5.41) is 1.72. The first kappa shape index (κ1) is 18.5. The van der Waals surface area contributed by atoms with E-state index in [0.29, 0.717) is 0 Å². The maximum Gasteiger partial charge on any atom is 0.252 e. The van der Waals surface area contributed by atoms with E-state index < -0.39 is 20.0 Å². The fourth-order valence-corrected chi connectivity index (χ4v) is 6.79. The van der Waals surface area contributed by atoms with Crippen LogP contribution < -0.4 is 0 Å². The van der Waals surface area contributed by atoms with Gasteiger partial charge in [-0.05, 0) is 48.6 Å². The predicted molar refractivity (Wildman–Crippen MR) is 97.8 cm³/mol. The van der Waals surface area contributed by atoms with E-state index in [4.69, 9.17) is 0 Å². The second-order valence-corrected chi connectivity index (χ2v) is 11.0.